The highest BCUT2D eigenvalue weighted by Crippen LogP contribution is 2.40. The van der Waals surface area contributed by atoms with Crippen molar-refractivity contribution in [3.05, 3.63) is 88.2 Å². The van der Waals surface area contributed by atoms with Crippen LogP contribution in [0.2, 0.25) is 0 Å². The van der Waals surface area contributed by atoms with Gasteiger partial charge >= 0.3 is 0 Å². The van der Waals surface area contributed by atoms with Crippen LogP contribution in [-0.4, -0.2) is 91.4 Å². The van der Waals surface area contributed by atoms with Gasteiger partial charge in [-0.25, -0.2) is 9.97 Å². The van der Waals surface area contributed by atoms with Gasteiger partial charge in [-0.3, -0.25) is 24.2 Å². The van der Waals surface area contributed by atoms with Crippen LogP contribution in [0, 0.1) is 5.41 Å². The van der Waals surface area contributed by atoms with E-state index in [1.165, 1.54) is 21.9 Å². The third-order valence-electron chi connectivity index (χ3n) is 12.5. The summed E-state index contributed by atoms with van der Waals surface area (Å²) in [5, 5.41) is 17.1. The van der Waals surface area contributed by atoms with E-state index in [0.29, 0.717) is 52.3 Å². The van der Waals surface area contributed by atoms with Gasteiger partial charge in [0, 0.05) is 86.8 Å². The van der Waals surface area contributed by atoms with E-state index < -0.39 is 6.61 Å². The number of aryl methyl sites for hydroxylation is 1. The van der Waals surface area contributed by atoms with E-state index in [9.17, 15) is 19.5 Å². The smallest absolute Gasteiger partial charge is 0.293 e. The minimum absolute atomic E-state index is 0.0593. The van der Waals surface area contributed by atoms with Crippen molar-refractivity contribution in [1.82, 2.24) is 24.0 Å². The fraction of sp³-hybridized carbons (Fsp3) is 0.489. The number of amides is 2. The first-order valence-corrected chi connectivity index (χ1v) is 20.9. The molecule has 3 aromatic heterocycles. The van der Waals surface area contributed by atoms with Crippen LogP contribution in [0.5, 0.6) is 0 Å². The number of fused-ring (bicyclic) bond motifs is 3. The number of nitrogens with one attached hydrogen (secondary N) is 2. The van der Waals surface area contributed by atoms with Crippen molar-refractivity contribution >= 4 is 40.5 Å². The number of pyridine rings is 1. The minimum Gasteiger partial charge on any atom is -0.392 e. The Kier molecular flexibility index (Phi) is 11.0. The van der Waals surface area contributed by atoms with Gasteiger partial charge in [0.15, 0.2) is 5.82 Å². The van der Waals surface area contributed by atoms with Crippen LogP contribution in [-0.2, 0) is 42.6 Å². The first-order chi connectivity index (χ1) is 28.2. The molecular weight excluding hydrogens is 747 g/mol. The molecule has 4 atom stereocenters. The van der Waals surface area contributed by atoms with Crippen molar-refractivity contribution in [2.24, 2.45) is 12.5 Å². The number of ether oxygens (including phenoxy) is 1. The Morgan fingerprint density at radius 2 is 1.83 bits per heavy atom. The highest BCUT2D eigenvalue weighted by Gasteiger charge is 2.37. The van der Waals surface area contributed by atoms with E-state index in [2.05, 4.69) is 71.2 Å². The second kappa shape index (κ2) is 16.0. The van der Waals surface area contributed by atoms with Gasteiger partial charge in [0.1, 0.15) is 11.5 Å². The molecule has 0 saturated carbocycles. The van der Waals surface area contributed by atoms with Gasteiger partial charge in [0.2, 0.25) is 5.91 Å². The number of carbonyl (C=O) groups excluding carboxylic acids is 2. The van der Waals surface area contributed by atoms with Gasteiger partial charge in [0.05, 0.1) is 35.9 Å². The van der Waals surface area contributed by atoms with Gasteiger partial charge < -0.3 is 34.5 Å². The van der Waals surface area contributed by atoms with Crippen LogP contribution in [0.4, 0.5) is 28.7 Å². The Morgan fingerprint density at radius 3 is 2.56 bits per heavy atom. The molecule has 3 aliphatic heterocycles. The van der Waals surface area contributed by atoms with Crippen molar-refractivity contribution in [2.45, 2.75) is 104 Å². The van der Waals surface area contributed by atoms with Crippen molar-refractivity contribution < 1.29 is 19.4 Å². The Labute approximate surface area is 345 Å². The lowest BCUT2D eigenvalue weighted by Crippen LogP contribution is -2.57. The molecule has 59 heavy (non-hydrogen) atoms. The predicted molar refractivity (Wildman–Crippen MR) is 231 cm³/mol. The molecule has 1 aliphatic carbocycles. The fourth-order valence-corrected chi connectivity index (χ4v) is 9.86. The number of piperazine rings is 1. The SMILES string of the molecule is C=CC(=O)Nc1cc(Nc2nc(-c3ccnc(N4CCCn5c(cc6c5CC(C)(C)C6)C4=O)c3CO)cn(C)c2=O)ccc1N1CCN(C2C[C@@H](C)O[C@@H](C)C2)C[C@@H]1C. The van der Waals surface area contributed by atoms with E-state index in [1.54, 1.807) is 30.4 Å². The molecule has 4 aliphatic rings. The van der Waals surface area contributed by atoms with Crippen molar-refractivity contribution in [3.8, 4) is 11.3 Å². The molecule has 0 bridgehead atoms. The molecule has 312 valence electrons. The lowest BCUT2D eigenvalue weighted by Gasteiger charge is -2.47. The third kappa shape index (κ3) is 7.93. The molecule has 0 radical (unpaired) electrons. The molecule has 4 aromatic rings. The van der Waals surface area contributed by atoms with Gasteiger partial charge in [-0.1, -0.05) is 20.4 Å². The fourth-order valence-electron chi connectivity index (χ4n) is 9.86. The summed E-state index contributed by atoms with van der Waals surface area (Å²) in [5.74, 6) is -0.0537. The molecule has 1 aromatic carbocycles. The summed E-state index contributed by atoms with van der Waals surface area (Å²) in [4.78, 5) is 56.5. The second-order valence-corrected chi connectivity index (χ2v) is 17.7. The van der Waals surface area contributed by atoms with Gasteiger partial charge in [-0.2, -0.15) is 0 Å². The van der Waals surface area contributed by atoms with Crippen molar-refractivity contribution in [3.63, 3.8) is 0 Å². The predicted octanol–water partition coefficient (Wildman–Crippen LogP) is 5.65. The zero-order valence-electron chi connectivity index (χ0n) is 35.1. The number of anilines is 5. The highest BCUT2D eigenvalue weighted by atomic mass is 16.5. The van der Waals surface area contributed by atoms with E-state index in [1.807, 2.05) is 24.3 Å². The maximum absolute atomic E-state index is 14.2. The lowest BCUT2D eigenvalue weighted by atomic mass is 9.90. The zero-order chi connectivity index (χ0) is 41.7. The maximum Gasteiger partial charge on any atom is 0.293 e. The van der Waals surface area contributed by atoms with Crippen LogP contribution in [0.15, 0.2) is 60.2 Å². The number of rotatable bonds is 9. The average molecular weight is 804 g/mol. The number of benzene rings is 1. The van der Waals surface area contributed by atoms with Crippen LogP contribution >= 0.6 is 0 Å². The molecule has 2 saturated heterocycles. The summed E-state index contributed by atoms with van der Waals surface area (Å²) in [5.41, 5.74) is 6.37. The summed E-state index contributed by atoms with van der Waals surface area (Å²) in [6.45, 7) is 18.0. The average Bonchev–Trinajstić information content (AvgIpc) is 3.62. The largest absolute Gasteiger partial charge is 0.392 e. The Bertz CT molecular complexity index is 2340. The molecule has 1 unspecified atom stereocenters. The number of aliphatic hydroxyl groups excluding tert-OH is 1. The first-order valence-electron chi connectivity index (χ1n) is 20.9. The minimum atomic E-state index is -0.394. The normalized spacial score (nSPS) is 23.1. The molecule has 3 N–H and O–H groups in total. The van der Waals surface area contributed by atoms with E-state index in [0.717, 1.165) is 64.0 Å². The van der Waals surface area contributed by atoms with Crippen LogP contribution in [0.25, 0.3) is 11.3 Å². The molecule has 2 fully saturated rings. The monoisotopic (exact) mass is 803 g/mol. The first kappa shape index (κ1) is 40.5. The quantitative estimate of drug-likeness (QED) is 0.182. The van der Waals surface area contributed by atoms with Gasteiger partial charge in [-0.15, -0.1) is 0 Å². The van der Waals surface area contributed by atoms with Gasteiger partial charge in [0.25, 0.3) is 11.5 Å². The summed E-state index contributed by atoms with van der Waals surface area (Å²) < 4.78 is 9.63. The number of hydrogen-bond donors (Lipinski definition) is 3. The number of hydrogen-bond acceptors (Lipinski definition) is 10. The number of aromatic nitrogens is 4. The topological polar surface area (TPSA) is 150 Å². The molecular formula is C45H57N9O5. The molecule has 6 heterocycles. The molecule has 14 heteroatoms. The van der Waals surface area contributed by atoms with Crippen LogP contribution in [0.1, 0.15) is 81.2 Å². The van der Waals surface area contributed by atoms with Gasteiger partial charge in [-0.05, 0) is 100 Å². The number of aliphatic hydroxyl groups is 1. The van der Waals surface area contributed by atoms with E-state index in [4.69, 9.17) is 9.72 Å². The lowest BCUT2D eigenvalue weighted by molar-refractivity contribution is -0.111. The number of nitrogens with zero attached hydrogens (tertiary/aromatic N) is 7. The van der Waals surface area contributed by atoms with Crippen LogP contribution < -0.4 is 26.0 Å². The third-order valence-corrected chi connectivity index (χ3v) is 12.5. The van der Waals surface area contributed by atoms with Crippen molar-refractivity contribution in [1.29, 1.82) is 0 Å². The standard InChI is InChI=1S/C45H57N9O5/c1-8-40(56)48-35-21-31(10-11-37(35)52-17-16-51(24-27(52)2)32-18-28(3)59-29(4)19-32)47-41-44(58)50(7)25-36(49-41)33-12-13-46-42(34(33)26-55)54-15-9-14-53-38(43(54)57)20-30-22-45(5,6)23-39(30)53/h8,10-13,20-21,25,27-29,32,55H,1,9,14-19,22-24,26H2,2-7H3,(H,47,49)(H,48,56)/t27-,28-,29+,32?/m0/s1. The van der Waals surface area contributed by atoms with Crippen LogP contribution in [0.3, 0.4) is 0 Å². The summed E-state index contributed by atoms with van der Waals surface area (Å²) in [7, 11) is 1.65. The molecule has 0 spiro atoms. The highest BCUT2D eigenvalue weighted by molar-refractivity contribution is 6.06. The Balaban J connectivity index is 1.07. The summed E-state index contributed by atoms with van der Waals surface area (Å²) in [6.07, 6.45) is 9.59. The Morgan fingerprint density at radius 1 is 1.05 bits per heavy atom. The second-order valence-electron chi connectivity index (χ2n) is 17.7. The molecule has 8 rings (SSSR count). The van der Waals surface area contributed by atoms with E-state index >= 15 is 0 Å². The summed E-state index contributed by atoms with van der Waals surface area (Å²) >= 11 is 0. The summed E-state index contributed by atoms with van der Waals surface area (Å²) in [6, 6.07) is 10.1. The zero-order valence-corrected chi connectivity index (χ0v) is 35.1. The van der Waals surface area contributed by atoms with Crippen molar-refractivity contribution in [2.75, 3.05) is 46.6 Å². The Hall–Kier alpha value is -5.31. The maximum atomic E-state index is 14.2. The molecule has 2 amide bonds. The van der Waals surface area contributed by atoms with E-state index in [-0.39, 0.29) is 46.9 Å². The molecule has 14 nitrogen and oxygen atoms in total. The number of carbonyl (C=O) groups is 2.